The molecule has 0 aliphatic carbocycles. The maximum absolute atomic E-state index is 12.6. The molecular weight excluding hydrogens is 240 g/mol. The van der Waals surface area contributed by atoms with Gasteiger partial charge in [0.05, 0.1) is 0 Å². The third-order valence-corrected chi connectivity index (χ3v) is 3.97. The standard InChI is InChI=1S/C15H22N2O2/c1-11-8-9-17(13(11)10-16)15(18)14(19-2)12-6-4-3-5-7-12/h3-7,11,13-14H,8-10,16H2,1-2H3. The van der Waals surface area contributed by atoms with E-state index in [9.17, 15) is 4.79 Å². The van der Waals surface area contributed by atoms with Crippen LogP contribution in [-0.2, 0) is 9.53 Å². The fraction of sp³-hybridized carbons (Fsp3) is 0.533. The highest BCUT2D eigenvalue weighted by molar-refractivity contribution is 5.83. The smallest absolute Gasteiger partial charge is 0.256 e. The summed E-state index contributed by atoms with van der Waals surface area (Å²) in [5.74, 6) is 0.482. The van der Waals surface area contributed by atoms with Gasteiger partial charge in [-0.05, 0) is 17.9 Å². The van der Waals surface area contributed by atoms with Crippen LogP contribution in [0.15, 0.2) is 30.3 Å². The maximum Gasteiger partial charge on any atom is 0.256 e. The summed E-state index contributed by atoms with van der Waals surface area (Å²) in [5, 5.41) is 0. The van der Waals surface area contributed by atoms with Crippen molar-refractivity contribution in [1.82, 2.24) is 4.90 Å². The highest BCUT2D eigenvalue weighted by atomic mass is 16.5. The molecular formula is C15H22N2O2. The van der Waals surface area contributed by atoms with Gasteiger partial charge in [0.15, 0.2) is 6.10 Å². The van der Waals surface area contributed by atoms with Gasteiger partial charge >= 0.3 is 0 Å². The normalized spacial score (nSPS) is 24.5. The van der Waals surface area contributed by atoms with Gasteiger partial charge < -0.3 is 15.4 Å². The van der Waals surface area contributed by atoms with E-state index in [1.165, 1.54) is 0 Å². The largest absolute Gasteiger partial charge is 0.367 e. The van der Waals surface area contributed by atoms with E-state index in [1.54, 1.807) is 7.11 Å². The molecule has 2 N–H and O–H groups in total. The van der Waals surface area contributed by atoms with E-state index in [0.717, 1.165) is 18.5 Å². The Morgan fingerprint density at radius 1 is 1.47 bits per heavy atom. The maximum atomic E-state index is 12.6. The van der Waals surface area contributed by atoms with Crippen LogP contribution < -0.4 is 5.73 Å². The van der Waals surface area contributed by atoms with Crippen molar-refractivity contribution >= 4 is 5.91 Å². The van der Waals surface area contributed by atoms with Crippen molar-refractivity contribution in [2.45, 2.75) is 25.5 Å². The fourth-order valence-electron chi connectivity index (χ4n) is 2.80. The fourth-order valence-corrected chi connectivity index (χ4v) is 2.80. The Labute approximate surface area is 114 Å². The summed E-state index contributed by atoms with van der Waals surface area (Å²) in [6.07, 6.45) is 0.485. The number of likely N-dealkylation sites (tertiary alicyclic amines) is 1. The zero-order chi connectivity index (χ0) is 13.8. The first-order valence-electron chi connectivity index (χ1n) is 6.77. The van der Waals surface area contributed by atoms with E-state index < -0.39 is 6.10 Å². The summed E-state index contributed by atoms with van der Waals surface area (Å²) >= 11 is 0. The predicted octanol–water partition coefficient (Wildman–Crippen LogP) is 1.57. The molecule has 1 heterocycles. The SMILES string of the molecule is COC(C(=O)N1CCC(C)C1CN)c1ccccc1. The van der Waals surface area contributed by atoms with Gasteiger partial charge in [-0.15, -0.1) is 0 Å². The second-order valence-corrected chi connectivity index (χ2v) is 5.13. The third-order valence-electron chi connectivity index (χ3n) is 3.97. The highest BCUT2D eigenvalue weighted by Crippen LogP contribution is 2.28. The Hall–Kier alpha value is -1.39. The Kier molecular flexibility index (Phi) is 4.56. The van der Waals surface area contributed by atoms with Gasteiger partial charge in [-0.2, -0.15) is 0 Å². The molecule has 0 spiro atoms. The summed E-state index contributed by atoms with van der Waals surface area (Å²) in [6, 6.07) is 9.74. The monoisotopic (exact) mass is 262 g/mol. The number of benzene rings is 1. The molecule has 104 valence electrons. The lowest BCUT2D eigenvalue weighted by atomic mass is 10.0. The van der Waals surface area contributed by atoms with Crippen molar-refractivity contribution in [3.05, 3.63) is 35.9 Å². The first-order valence-corrected chi connectivity index (χ1v) is 6.77. The van der Waals surface area contributed by atoms with E-state index in [1.807, 2.05) is 35.2 Å². The highest BCUT2D eigenvalue weighted by Gasteiger charge is 2.36. The molecule has 0 aromatic heterocycles. The second-order valence-electron chi connectivity index (χ2n) is 5.13. The van der Waals surface area contributed by atoms with Gasteiger partial charge in [0.25, 0.3) is 5.91 Å². The molecule has 3 unspecified atom stereocenters. The number of carbonyl (C=O) groups excluding carboxylic acids is 1. The van der Waals surface area contributed by atoms with Crippen LogP contribution in [0.4, 0.5) is 0 Å². The van der Waals surface area contributed by atoms with Gasteiger partial charge in [0.1, 0.15) is 0 Å². The second kappa shape index (κ2) is 6.17. The van der Waals surface area contributed by atoms with Crippen molar-refractivity contribution in [3.63, 3.8) is 0 Å². The predicted molar refractivity (Wildman–Crippen MR) is 74.5 cm³/mol. The quantitative estimate of drug-likeness (QED) is 0.896. The van der Waals surface area contributed by atoms with E-state index in [2.05, 4.69) is 6.92 Å². The van der Waals surface area contributed by atoms with Gasteiger partial charge in [-0.25, -0.2) is 0 Å². The molecule has 3 atom stereocenters. The van der Waals surface area contributed by atoms with Crippen LogP contribution in [0.2, 0.25) is 0 Å². The number of methoxy groups -OCH3 is 1. The van der Waals surface area contributed by atoms with Crippen LogP contribution in [0.3, 0.4) is 0 Å². The summed E-state index contributed by atoms with van der Waals surface area (Å²) in [4.78, 5) is 14.5. The van der Waals surface area contributed by atoms with Gasteiger partial charge in [0.2, 0.25) is 0 Å². The van der Waals surface area contributed by atoms with Crippen molar-refractivity contribution in [2.24, 2.45) is 11.7 Å². The molecule has 1 saturated heterocycles. The molecule has 1 aliphatic heterocycles. The van der Waals surface area contributed by atoms with Crippen LogP contribution in [-0.4, -0.2) is 37.0 Å². The molecule has 19 heavy (non-hydrogen) atoms. The van der Waals surface area contributed by atoms with Gasteiger partial charge in [-0.3, -0.25) is 4.79 Å². The molecule has 0 radical (unpaired) electrons. The minimum absolute atomic E-state index is 0.0218. The number of amides is 1. The Morgan fingerprint density at radius 3 is 2.74 bits per heavy atom. The van der Waals surface area contributed by atoms with Gasteiger partial charge in [0, 0.05) is 26.2 Å². The summed E-state index contributed by atoms with van der Waals surface area (Å²) in [7, 11) is 1.58. The first kappa shape index (κ1) is 14.0. The molecule has 4 heteroatoms. The molecule has 1 aliphatic rings. The summed E-state index contributed by atoms with van der Waals surface area (Å²) in [6.45, 7) is 3.43. The lowest BCUT2D eigenvalue weighted by Gasteiger charge is -2.29. The molecule has 1 aromatic rings. The van der Waals surface area contributed by atoms with E-state index in [4.69, 9.17) is 10.5 Å². The van der Waals surface area contributed by atoms with Crippen LogP contribution >= 0.6 is 0 Å². The van der Waals surface area contributed by atoms with Crippen molar-refractivity contribution in [3.8, 4) is 0 Å². The minimum Gasteiger partial charge on any atom is -0.367 e. The van der Waals surface area contributed by atoms with Crippen molar-refractivity contribution in [1.29, 1.82) is 0 Å². The summed E-state index contributed by atoms with van der Waals surface area (Å²) < 4.78 is 5.41. The lowest BCUT2D eigenvalue weighted by molar-refractivity contribution is -0.143. The van der Waals surface area contributed by atoms with Crippen LogP contribution in [0, 0.1) is 5.92 Å². The molecule has 2 rings (SSSR count). The Bertz CT molecular complexity index is 421. The molecule has 1 fully saturated rings. The number of nitrogens with two attached hydrogens (primary N) is 1. The average Bonchev–Trinajstić information content (AvgIpc) is 2.81. The molecule has 0 bridgehead atoms. The zero-order valence-corrected chi connectivity index (χ0v) is 11.6. The number of hydrogen-bond donors (Lipinski definition) is 1. The number of rotatable bonds is 4. The minimum atomic E-state index is -0.527. The van der Waals surface area contributed by atoms with Crippen LogP contribution in [0.1, 0.15) is 25.0 Å². The molecule has 0 saturated carbocycles. The Morgan fingerprint density at radius 2 is 2.16 bits per heavy atom. The number of nitrogens with zero attached hydrogens (tertiary/aromatic N) is 1. The van der Waals surface area contributed by atoms with Gasteiger partial charge in [-0.1, -0.05) is 37.3 Å². The van der Waals surface area contributed by atoms with E-state index in [-0.39, 0.29) is 11.9 Å². The van der Waals surface area contributed by atoms with Crippen molar-refractivity contribution in [2.75, 3.05) is 20.2 Å². The number of carbonyl (C=O) groups is 1. The number of hydrogen-bond acceptors (Lipinski definition) is 3. The average molecular weight is 262 g/mol. The first-order chi connectivity index (χ1) is 9.19. The van der Waals surface area contributed by atoms with E-state index >= 15 is 0 Å². The molecule has 1 aromatic carbocycles. The van der Waals surface area contributed by atoms with E-state index in [0.29, 0.717) is 12.5 Å². The lowest BCUT2D eigenvalue weighted by Crippen LogP contribution is -2.44. The number of ether oxygens (including phenoxy) is 1. The van der Waals surface area contributed by atoms with Crippen molar-refractivity contribution < 1.29 is 9.53 Å². The zero-order valence-electron chi connectivity index (χ0n) is 11.6. The topological polar surface area (TPSA) is 55.6 Å². The molecule has 4 nitrogen and oxygen atoms in total. The van der Waals surface area contributed by atoms with Crippen LogP contribution in [0.5, 0.6) is 0 Å². The molecule has 1 amide bonds. The summed E-state index contributed by atoms with van der Waals surface area (Å²) in [5.41, 5.74) is 6.69. The Balaban J connectivity index is 2.18. The van der Waals surface area contributed by atoms with Crippen LogP contribution in [0.25, 0.3) is 0 Å². The third kappa shape index (κ3) is 2.80.